The van der Waals surface area contributed by atoms with Crippen LogP contribution in [0.15, 0.2) is 51.6 Å². The third-order valence-corrected chi connectivity index (χ3v) is 6.07. The van der Waals surface area contributed by atoms with Crippen molar-refractivity contribution < 1.29 is 18.7 Å². The van der Waals surface area contributed by atoms with Crippen LogP contribution in [0.4, 0.5) is 4.39 Å². The molecule has 0 radical (unpaired) electrons. The number of carbonyl (C=O) groups excluding carboxylic acids is 2. The van der Waals surface area contributed by atoms with Crippen LogP contribution in [-0.2, 0) is 14.3 Å². The van der Waals surface area contributed by atoms with Gasteiger partial charge in [-0.3, -0.25) is 4.79 Å². The highest BCUT2D eigenvalue weighted by Gasteiger charge is 2.41. The first-order valence-corrected chi connectivity index (χ1v) is 11.3. The molecule has 1 atom stereocenters. The van der Waals surface area contributed by atoms with Gasteiger partial charge in [-0.2, -0.15) is 0 Å². The number of allylic oxidation sites excluding steroid dienone is 1. The van der Waals surface area contributed by atoms with E-state index in [1.54, 1.807) is 12.1 Å². The number of esters is 1. The number of amides is 1. The number of aliphatic imine (C=N–C) groups is 1. The maximum atomic E-state index is 14.1. The topological polar surface area (TPSA) is 71.0 Å². The van der Waals surface area contributed by atoms with E-state index in [2.05, 4.69) is 24.2 Å². The predicted octanol–water partition coefficient (Wildman–Crippen LogP) is 4.52. The highest BCUT2D eigenvalue weighted by molar-refractivity contribution is 8.16. The number of hydrogen-bond donors (Lipinski definition) is 1. The summed E-state index contributed by atoms with van der Waals surface area (Å²) in [6, 6.07) is 5.54. The molecular formula is C23H28FN3O3S. The van der Waals surface area contributed by atoms with Crippen LogP contribution in [0, 0.1) is 11.7 Å². The Labute approximate surface area is 186 Å². The molecule has 1 N–H and O–H groups in total. The van der Waals surface area contributed by atoms with Crippen LogP contribution < -0.4 is 5.32 Å². The van der Waals surface area contributed by atoms with Gasteiger partial charge < -0.3 is 15.0 Å². The lowest BCUT2D eigenvalue weighted by molar-refractivity contribution is -0.136. The van der Waals surface area contributed by atoms with Gasteiger partial charge in [0.2, 0.25) is 5.91 Å². The monoisotopic (exact) mass is 445 g/mol. The van der Waals surface area contributed by atoms with Crippen molar-refractivity contribution in [3.63, 3.8) is 0 Å². The zero-order valence-electron chi connectivity index (χ0n) is 18.3. The van der Waals surface area contributed by atoms with E-state index in [0.717, 1.165) is 12.1 Å². The van der Waals surface area contributed by atoms with Crippen molar-refractivity contribution in [3.05, 3.63) is 58.0 Å². The maximum absolute atomic E-state index is 14.1. The molecule has 166 valence electrons. The van der Waals surface area contributed by atoms with E-state index in [1.807, 2.05) is 17.2 Å². The molecule has 0 aliphatic carbocycles. The Morgan fingerprint density at radius 3 is 2.77 bits per heavy atom. The summed E-state index contributed by atoms with van der Waals surface area (Å²) in [6.07, 6.45) is 1.57. The van der Waals surface area contributed by atoms with Gasteiger partial charge in [0.25, 0.3) is 0 Å². The number of methoxy groups -OCH3 is 1. The van der Waals surface area contributed by atoms with Crippen molar-refractivity contribution in [2.75, 3.05) is 13.7 Å². The van der Waals surface area contributed by atoms with Crippen molar-refractivity contribution in [2.24, 2.45) is 10.9 Å². The van der Waals surface area contributed by atoms with E-state index >= 15 is 0 Å². The van der Waals surface area contributed by atoms with Crippen LogP contribution in [0.5, 0.6) is 0 Å². The Bertz CT molecular complexity index is 955. The summed E-state index contributed by atoms with van der Waals surface area (Å²) in [5.74, 6) is -0.504. The van der Waals surface area contributed by atoms with Crippen molar-refractivity contribution in [2.45, 2.75) is 46.1 Å². The number of rotatable bonds is 8. The van der Waals surface area contributed by atoms with Gasteiger partial charge in [0.1, 0.15) is 5.82 Å². The van der Waals surface area contributed by atoms with Crippen LogP contribution in [-0.4, -0.2) is 35.6 Å². The molecule has 0 saturated heterocycles. The number of amidine groups is 1. The molecule has 0 bridgehead atoms. The van der Waals surface area contributed by atoms with Crippen molar-refractivity contribution in [1.82, 2.24) is 10.2 Å². The van der Waals surface area contributed by atoms with E-state index in [9.17, 15) is 14.0 Å². The molecule has 2 aliphatic heterocycles. The highest BCUT2D eigenvalue weighted by Crippen LogP contribution is 2.45. The number of fused-ring (bicyclic) bond motifs is 1. The first-order valence-electron chi connectivity index (χ1n) is 10.4. The number of halogens is 1. The lowest BCUT2D eigenvalue weighted by atomic mass is 9.93. The second-order valence-corrected chi connectivity index (χ2v) is 8.70. The minimum Gasteiger partial charge on any atom is -0.466 e. The van der Waals surface area contributed by atoms with Crippen LogP contribution in [0.2, 0.25) is 0 Å². The summed E-state index contributed by atoms with van der Waals surface area (Å²) >= 11 is 1.40. The largest absolute Gasteiger partial charge is 0.466 e. The van der Waals surface area contributed by atoms with Crippen LogP contribution in [0.1, 0.15) is 51.6 Å². The van der Waals surface area contributed by atoms with E-state index < -0.39 is 17.8 Å². The average Bonchev–Trinajstić information content (AvgIpc) is 3.13. The third-order valence-electron chi connectivity index (χ3n) is 5.18. The second-order valence-electron chi connectivity index (χ2n) is 7.86. The van der Waals surface area contributed by atoms with Crippen LogP contribution in [0.3, 0.4) is 0 Å². The van der Waals surface area contributed by atoms with Crippen LogP contribution in [0.25, 0.3) is 0 Å². The molecule has 8 heteroatoms. The van der Waals surface area contributed by atoms with Gasteiger partial charge in [0, 0.05) is 12.2 Å². The van der Waals surface area contributed by atoms with Gasteiger partial charge in [0.05, 0.1) is 30.8 Å². The number of carbonyl (C=O) groups is 2. The fourth-order valence-electron chi connectivity index (χ4n) is 3.63. The molecular weight excluding hydrogens is 417 g/mol. The molecule has 0 unspecified atom stereocenters. The molecule has 2 heterocycles. The third kappa shape index (κ3) is 5.18. The number of ether oxygens (including phenoxy) is 1. The van der Waals surface area contributed by atoms with Gasteiger partial charge in [-0.05, 0) is 41.9 Å². The zero-order valence-corrected chi connectivity index (χ0v) is 19.1. The normalized spacial score (nSPS) is 18.0. The molecule has 0 saturated carbocycles. The zero-order chi connectivity index (χ0) is 22.5. The SMILES string of the molecule is CCC1=C(C(=O)OC)[C@H](c2cccc(F)c2)N2C(CC(=O)NCCC(C)C)=CSC2=N1. The standard InChI is InChI=1S/C23H28FN3O3S/c1-5-18-20(22(29)30-4)21(15-7-6-8-16(24)11-15)27-17(13-31-23(27)26-18)12-19(28)25-10-9-14(2)3/h6-8,11,13-14,21H,5,9-10,12H2,1-4H3,(H,25,28)/t21-/m0/s1. The van der Waals surface area contributed by atoms with Crippen LogP contribution >= 0.6 is 11.8 Å². The summed E-state index contributed by atoms with van der Waals surface area (Å²) < 4.78 is 19.2. The molecule has 3 rings (SSSR count). The lowest BCUT2D eigenvalue weighted by Crippen LogP contribution is -2.38. The van der Waals surface area contributed by atoms with Gasteiger partial charge in [-0.1, -0.05) is 44.7 Å². The molecule has 6 nitrogen and oxygen atoms in total. The van der Waals surface area contributed by atoms with E-state index in [4.69, 9.17) is 4.74 Å². The Hall–Kier alpha value is -2.61. The number of benzene rings is 1. The fraction of sp³-hybridized carbons (Fsp3) is 0.435. The van der Waals surface area contributed by atoms with Gasteiger partial charge >= 0.3 is 5.97 Å². The predicted molar refractivity (Wildman–Crippen MR) is 121 cm³/mol. The molecule has 1 aromatic carbocycles. The fourth-order valence-corrected chi connectivity index (χ4v) is 4.57. The first-order chi connectivity index (χ1) is 14.8. The first kappa shape index (κ1) is 23.1. The Morgan fingerprint density at radius 1 is 1.35 bits per heavy atom. The number of nitrogens with one attached hydrogen (secondary N) is 1. The van der Waals surface area contributed by atoms with Crippen molar-refractivity contribution >= 4 is 28.8 Å². The number of thioether (sulfide) groups is 1. The van der Waals surface area contributed by atoms with E-state index in [0.29, 0.717) is 40.9 Å². The van der Waals surface area contributed by atoms with Crippen molar-refractivity contribution in [1.29, 1.82) is 0 Å². The van der Waals surface area contributed by atoms with E-state index in [-0.39, 0.29) is 12.3 Å². The minimum atomic E-state index is -0.615. The smallest absolute Gasteiger partial charge is 0.338 e. The second kappa shape index (κ2) is 10.1. The van der Waals surface area contributed by atoms with Gasteiger partial charge in [0.15, 0.2) is 5.17 Å². The molecule has 0 spiro atoms. The quantitative estimate of drug-likeness (QED) is 0.596. The van der Waals surface area contributed by atoms with Crippen molar-refractivity contribution in [3.8, 4) is 0 Å². The van der Waals surface area contributed by atoms with Gasteiger partial charge in [-0.15, -0.1) is 0 Å². The molecule has 0 fully saturated rings. The highest BCUT2D eigenvalue weighted by atomic mass is 32.2. The average molecular weight is 446 g/mol. The lowest BCUT2D eigenvalue weighted by Gasteiger charge is -2.36. The Morgan fingerprint density at radius 2 is 2.13 bits per heavy atom. The Balaban J connectivity index is 1.95. The summed E-state index contributed by atoms with van der Waals surface area (Å²) in [6.45, 7) is 6.73. The molecule has 0 aromatic heterocycles. The molecule has 31 heavy (non-hydrogen) atoms. The molecule has 2 aliphatic rings. The summed E-state index contributed by atoms with van der Waals surface area (Å²) in [5, 5.41) is 5.49. The molecule has 1 aromatic rings. The maximum Gasteiger partial charge on any atom is 0.338 e. The summed E-state index contributed by atoms with van der Waals surface area (Å²) in [5.41, 5.74) is 2.30. The number of nitrogens with zero attached hydrogens (tertiary/aromatic N) is 2. The Kier molecular flexibility index (Phi) is 7.54. The summed E-state index contributed by atoms with van der Waals surface area (Å²) in [4.78, 5) is 31.8. The van der Waals surface area contributed by atoms with E-state index in [1.165, 1.54) is 31.0 Å². The van der Waals surface area contributed by atoms with Gasteiger partial charge in [-0.25, -0.2) is 14.2 Å². The summed E-state index contributed by atoms with van der Waals surface area (Å²) in [7, 11) is 1.32. The molecule has 1 amide bonds. The minimum absolute atomic E-state index is 0.100. The number of hydrogen-bond acceptors (Lipinski definition) is 6.